The molecule has 0 aliphatic carbocycles. The molecule has 0 aromatic carbocycles. The molecule has 3 rings (SSSR count). The molecule has 112 valence electrons. The summed E-state index contributed by atoms with van der Waals surface area (Å²) in [7, 11) is 0. The predicted molar refractivity (Wildman–Crippen MR) is 76.4 cm³/mol. The highest BCUT2D eigenvalue weighted by Crippen LogP contribution is 2.18. The third-order valence-corrected chi connectivity index (χ3v) is 3.45. The Kier molecular flexibility index (Phi) is 3.64. The molecule has 7 heteroatoms. The van der Waals surface area contributed by atoms with E-state index >= 15 is 0 Å². The van der Waals surface area contributed by atoms with Gasteiger partial charge in [-0.3, -0.25) is 9.48 Å². The van der Waals surface area contributed by atoms with Crippen molar-refractivity contribution >= 4 is 5.91 Å². The topological polar surface area (TPSA) is 74.0 Å². The van der Waals surface area contributed by atoms with E-state index in [1.165, 1.54) is 0 Å². The van der Waals surface area contributed by atoms with Crippen LogP contribution in [0.15, 0.2) is 12.1 Å². The van der Waals surface area contributed by atoms with Crippen LogP contribution in [-0.2, 0) is 13.1 Å². The molecule has 1 aliphatic heterocycles. The molecule has 1 N–H and O–H groups in total. The first-order valence-electron chi connectivity index (χ1n) is 7.13. The Morgan fingerprint density at radius 2 is 2.24 bits per heavy atom. The summed E-state index contributed by atoms with van der Waals surface area (Å²) in [6.45, 7) is 6.61. The van der Waals surface area contributed by atoms with Gasteiger partial charge in [-0.15, -0.1) is 0 Å². The first kappa shape index (κ1) is 13.7. The molecule has 3 heterocycles. The Labute approximate surface area is 122 Å². The van der Waals surface area contributed by atoms with Crippen LogP contribution in [0.25, 0.3) is 0 Å². The summed E-state index contributed by atoms with van der Waals surface area (Å²) in [6.07, 6.45) is 0.924. The monoisotopic (exact) mass is 289 g/mol. The van der Waals surface area contributed by atoms with Crippen molar-refractivity contribution in [2.45, 2.75) is 33.4 Å². The maximum absolute atomic E-state index is 12.1. The van der Waals surface area contributed by atoms with Crippen molar-refractivity contribution in [3.05, 3.63) is 29.2 Å². The molecular weight excluding hydrogens is 270 g/mol. The van der Waals surface area contributed by atoms with Crippen LogP contribution >= 0.6 is 0 Å². The molecule has 0 saturated heterocycles. The van der Waals surface area contributed by atoms with Gasteiger partial charge in [0, 0.05) is 31.3 Å². The molecule has 21 heavy (non-hydrogen) atoms. The zero-order chi connectivity index (χ0) is 14.8. The Bertz CT molecular complexity index is 635. The summed E-state index contributed by atoms with van der Waals surface area (Å²) < 4.78 is 9.07. The number of aromatic nitrogens is 4. The van der Waals surface area contributed by atoms with E-state index in [4.69, 9.17) is 4.74 Å². The van der Waals surface area contributed by atoms with E-state index in [0.717, 1.165) is 24.4 Å². The van der Waals surface area contributed by atoms with Crippen molar-refractivity contribution in [2.24, 2.45) is 0 Å². The van der Waals surface area contributed by atoms with Crippen molar-refractivity contribution in [3.8, 4) is 5.88 Å². The van der Waals surface area contributed by atoms with Crippen LogP contribution in [0.1, 0.15) is 28.3 Å². The number of hydrogen-bond acceptors (Lipinski definition) is 4. The molecule has 2 aromatic rings. The number of ether oxygens (including phenoxy) is 1. The van der Waals surface area contributed by atoms with Crippen molar-refractivity contribution in [2.75, 3.05) is 13.2 Å². The zero-order valence-electron chi connectivity index (χ0n) is 12.3. The summed E-state index contributed by atoms with van der Waals surface area (Å²) in [5, 5.41) is 11.5. The van der Waals surface area contributed by atoms with Gasteiger partial charge in [-0.25, -0.2) is 4.68 Å². The summed E-state index contributed by atoms with van der Waals surface area (Å²) >= 11 is 0. The number of carbonyl (C=O) groups is 1. The van der Waals surface area contributed by atoms with Gasteiger partial charge in [0.05, 0.1) is 18.8 Å². The number of aryl methyl sites for hydroxylation is 3. The Morgan fingerprint density at radius 3 is 2.95 bits per heavy atom. The normalized spacial score (nSPS) is 13.6. The van der Waals surface area contributed by atoms with Crippen LogP contribution in [-0.4, -0.2) is 38.6 Å². The summed E-state index contributed by atoms with van der Waals surface area (Å²) in [6, 6.07) is 3.71. The lowest BCUT2D eigenvalue weighted by atomic mass is 10.4. The minimum atomic E-state index is -0.179. The van der Waals surface area contributed by atoms with E-state index < -0.39 is 0 Å². The molecule has 1 amide bonds. The first-order valence-corrected chi connectivity index (χ1v) is 7.13. The number of amides is 1. The van der Waals surface area contributed by atoms with Gasteiger partial charge in [0.15, 0.2) is 5.69 Å². The Morgan fingerprint density at radius 1 is 1.38 bits per heavy atom. The van der Waals surface area contributed by atoms with E-state index in [1.54, 1.807) is 10.7 Å². The summed E-state index contributed by atoms with van der Waals surface area (Å²) in [5.74, 6) is 0.493. The molecular formula is C14H19N5O2. The fraction of sp³-hybridized carbons (Fsp3) is 0.500. The van der Waals surface area contributed by atoms with Crippen molar-refractivity contribution < 1.29 is 9.53 Å². The highest BCUT2D eigenvalue weighted by molar-refractivity contribution is 5.92. The quantitative estimate of drug-likeness (QED) is 0.908. The molecule has 0 unspecified atom stereocenters. The molecule has 7 nitrogen and oxygen atoms in total. The highest BCUT2D eigenvalue weighted by Gasteiger charge is 2.17. The molecule has 0 fully saturated rings. The van der Waals surface area contributed by atoms with Gasteiger partial charge in [0.2, 0.25) is 5.88 Å². The van der Waals surface area contributed by atoms with Gasteiger partial charge >= 0.3 is 0 Å². The third-order valence-electron chi connectivity index (χ3n) is 3.45. The first-order chi connectivity index (χ1) is 10.1. The van der Waals surface area contributed by atoms with Gasteiger partial charge in [-0.05, 0) is 19.9 Å². The number of nitrogens with zero attached hydrogens (tertiary/aromatic N) is 4. The standard InChI is InChI=1S/C14H19N5O2/c1-10-8-11(2)18(16-10)6-4-15-14(20)12-9-13-19(17-12)5-3-7-21-13/h8-9H,3-7H2,1-2H3,(H,15,20). The maximum atomic E-state index is 12.1. The van der Waals surface area contributed by atoms with Crippen LogP contribution in [0.3, 0.4) is 0 Å². The van der Waals surface area contributed by atoms with Gasteiger partial charge in [0.25, 0.3) is 5.91 Å². The second-order valence-corrected chi connectivity index (χ2v) is 5.20. The number of nitrogens with one attached hydrogen (secondary N) is 1. The average molecular weight is 289 g/mol. The van der Waals surface area contributed by atoms with E-state index in [9.17, 15) is 4.79 Å². The van der Waals surface area contributed by atoms with Crippen LogP contribution in [0.4, 0.5) is 0 Å². The molecule has 0 bridgehead atoms. The van der Waals surface area contributed by atoms with Gasteiger partial charge in [0.1, 0.15) is 0 Å². The largest absolute Gasteiger partial charge is 0.478 e. The van der Waals surface area contributed by atoms with Crippen LogP contribution in [0, 0.1) is 13.8 Å². The van der Waals surface area contributed by atoms with Crippen LogP contribution < -0.4 is 10.1 Å². The van der Waals surface area contributed by atoms with E-state index in [2.05, 4.69) is 15.5 Å². The summed E-state index contributed by atoms with van der Waals surface area (Å²) in [5.41, 5.74) is 2.48. The van der Waals surface area contributed by atoms with Crippen molar-refractivity contribution in [1.82, 2.24) is 24.9 Å². The van der Waals surface area contributed by atoms with Crippen molar-refractivity contribution in [3.63, 3.8) is 0 Å². The Hall–Kier alpha value is -2.31. The minimum Gasteiger partial charge on any atom is -0.478 e. The predicted octanol–water partition coefficient (Wildman–Crippen LogP) is 0.909. The molecule has 2 aromatic heterocycles. The SMILES string of the molecule is Cc1cc(C)n(CCNC(=O)c2cc3n(n2)CCCO3)n1. The van der Waals surface area contributed by atoms with Crippen LogP contribution in [0.5, 0.6) is 5.88 Å². The number of carbonyl (C=O) groups excluding carboxylic acids is 1. The van der Waals surface area contributed by atoms with Crippen molar-refractivity contribution in [1.29, 1.82) is 0 Å². The smallest absolute Gasteiger partial charge is 0.271 e. The number of fused-ring (bicyclic) bond motifs is 1. The average Bonchev–Trinajstić information content (AvgIpc) is 3.02. The zero-order valence-corrected chi connectivity index (χ0v) is 12.3. The van der Waals surface area contributed by atoms with Gasteiger partial charge in [-0.1, -0.05) is 0 Å². The number of hydrogen-bond donors (Lipinski definition) is 1. The second kappa shape index (κ2) is 5.59. The molecule has 1 aliphatic rings. The highest BCUT2D eigenvalue weighted by atomic mass is 16.5. The maximum Gasteiger partial charge on any atom is 0.271 e. The lowest BCUT2D eigenvalue weighted by Crippen LogP contribution is -2.28. The fourth-order valence-corrected chi connectivity index (χ4v) is 2.45. The lowest BCUT2D eigenvalue weighted by Gasteiger charge is -2.13. The molecule has 0 atom stereocenters. The molecule has 0 saturated carbocycles. The van der Waals surface area contributed by atoms with Gasteiger partial charge < -0.3 is 10.1 Å². The van der Waals surface area contributed by atoms with Crippen LogP contribution in [0.2, 0.25) is 0 Å². The lowest BCUT2D eigenvalue weighted by molar-refractivity contribution is 0.0946. The van der Waals surface area contributed by atoms with E-state index in [-0.39, 0.29) is 5.91 Å². The van der Waals surface area contributed by atoms with E-state index in [1.807, 2.05) is 24.6 Å². The number of rotatable bonds is 4. The Balaban J connectivity index is 1.56. The molecule has 0 spiro atoms. The third kappa shape index (κ3) is 2.91. The van der Waals surface area contributed by atoms with Gasteiger partial charge in [-0.2, -0.15) is 10.2 Å². The van der Waals surface area contributed by atoms with E-state index in [0.29, 0.717) is 31.3 Å². The minimum absolute atomic E-state index is 0.179. The second-order valence-electron chi connectivity index (χ2n) is 5.20. The summed E-state index contributed by atoms with van der Waals surface area (Å²) in [4.78, 5) is 12.1. The fourth-order valence-electron chi connectivity index (χ4n) is 2.45. The molecule has 0 radical (unpaired) electrons.